The van der Waals surface area contributed by atoms with E-state index in [1.54, 1.807) is 37.4 Å². The first kappa shape index (κ1) is 21.7. The number of para-hydroxylation sites is 3. The van der Waals surface area contributed by atoms with Crippen molar-refractivity contribution in [3.8, 4) is 11.5 Å². The highest BCUT2D eigenvalue weighted by molar-refractivity contribution is 6.32. The standard InChI is InChI=1S/C25H24ClN3O3/c1-31-19-12-10-18(11-13-19)25(30)27-15-14-24-28-21-7-3-4-8-22(21)29(24)16-17-32-23-9-5-2-6-20(23)26/h2-13H,14-17H2,1H3,(H,27,30). The summed E-state index contributed by atoms with van der Waals surface area (Å²) in [7, 11) is 1.60. The summed E-state index contributed by atoms with van der Waals surface area (Å²) in [6.45, 7) is 1.54. The van der Waals surface area contributed by atoms with Crippen molar-refractivity contribution in [2.24, 2.45) is 0 Å². The fourth-order valence-electron chi connectivity index (χ4n) is 3.51. The van der Waals surface area contributed by atoms with Gasteiger partial charge < -0.3 is 19.4 Å². The minimum absolute atomic E-state index is 0.127. The highest BCUT2D eigenvalue weighted by Gasteiger charge is 2.12. The van der Waals surface area contributed by atoms with E-state index in [2.05, 4.69) is 9.88 Å². The molecule has 4 aromatic rings. The number of carbonyl (C=O) groups is 1. The minimum atomic E-state index is -0.127. The van der Waals surface area contributed by atoms with E-state index in [1.807, 2.05) is 42.5 Å². The molecule has 0 bridgehead atoms. The number of benzene rings is 3. The van der Waals surface area contributed by atoms with E-state index in [9.17, 15) is 4.79 Å². The van der Waals surface area contributed by atoms with Crippen LogP contribution < -0.4 is 14.8 Å². The Kier molecular flexibility index (Phi) is 6.92. The molecule has 1 amide bonds. The maximum atomic E-state index is 12.4. The zero-order valence-corrected chi connectivity index (χ0v) is 18.5. The number of hydrogen-bond acceptors (Lipinski definition) is 4. The van der Waals surface area contributed by atoms with Crippen molar-refractivity contribution in [1.29, 1.82) is 0 Å². The lowest BCUT2D eigenvalue weighted by atomic mass is 10.2. The van der Waals surface area contributed by atoms with Gasteiger partial charge >= 0.3 is 0 Å². The first-order chi connectivity index (χ1) is 15.7. The molecule has 0 spiro atoms. The smallest absolute Gasteiger partial charge is 0.251 e. The van der Waals surface area contributed by atoms with Gasteiger partial charge in [0.15, 0.2) is 0 Å². The van der Waals surface area contributed by atoms with Gasteiger partial charge in [0.05, 0.1) is 29.7 Å². The first-order valence-electron chi connectivity index (χ1n) is 10.4. The van der Waals surface area contributed by atoms with Gasteiger partial charge in [-0.25, -0.2) is 4.98 Å². The molecular weight excluding hydrogens is 426 g/mol. The maximum absolute atomic E-state index is 12.4. The molecule has 0 radical (unpaired) electrons. The van der Waals surface area contributed by atoms with E-state index in [1.165, 1.54) is 0 Å². The summed E-state index contributed by atoms with van der Waals surface area (Å²) in [4.78, 5) is 17.2. The molecular formula is C25H24ClN3O3. The topological polar surface area (TPSA) is 65.4 Å². The van der Waals surface area contributed by atoms with Crippen LogP contribution in [0.1, 0.15) is 16.2 Å². The van der Waals surface area contributed by atoms with Gasteiger partial charge in [0.2, 0.25) is 0 Å². The van der Waals surface area contributed by atoms with Gasteiger partial charge in [0.1, 0.15) is 23.9 Å². The Morgan fingerprint density at radius 1 is 1.03 bits per heavy atom. The molecule has 164 valence electrons. The second-order valence-electron chi connectivity index (χ2n) is 7.18. The zero-order valence-electron chi connectivity index (χ0n) is 17.8. The number of imidazole rings is 1. The Bertz CT molecular complexity index is 1200. The van der Waals surface area contributed by atoms with Crippen LogP contribution in [-0.2, 0) is 13.0 Å². The summed E-state index contributed by atoms with van der Waals surface area (Å²) in [5.74, 6) is 2.14. The summed E-state index contributed by atoms with van der Waals surface area (Å²) >= 11 is 6.19. The van der Waals surface area contributed by atoms with Crippen LogP contribution >= 0.6 is 11.6 Å². The summed E-state index contributed by atoms with van der Waals surface area (Å²) in [6.07, 6.45) is 0.600. The summed E-state index contributed by atoms with van der Waals surface area (Å²) < 4.78 is 13.1. The van der Waals surface area contributed by atoms with Crippen molar-refractivity contribution >= 4 is 28.5 Å². The number of fused-ring (bicyclic) bond motifs is 1. The molecule has 6 nitrogen and oxygen atoms in total. The van der Waals surface area contributed by atoms with E-state index in [0.717, 1.165) is 16.9 Å². The Hall–Kier alpha value is -3.51. The van der Waals surface area contributed by atoms with Crippen LogP contribution in [0, 0.1) is 0 Å². The molecule has 1 heterocycles. The van der Waals surface area contributed by atoms with E-state index < -0.39 is 0 Å². The zero-order chi connectivity index (χ0) is 22.3. The van der Waals surface area contributed by atoms with Crippen LogP contribution in [0.15, 0.2) is 72.8 Å². The van der Waals surface area contributed by atoms with Gasteiger partial charge in [-0.05, 0) is 48.5 Å². The van der Waals surface area contributed by atoms with Gasteiger partial charge in [-0.2, -0.15) is 0 Å². The third kappa shape index (κ3) is 5.03. The summed E-state index contributed by atoms with van der Waals surface area (Å²) in [5, 5.41) is 3.55. The molecule has 0 aliphatic rings. The molecule has 0 aliphatic carbocycles. The third-order valence-electron chi connectivity index (χ3n) is 5.13. The second-order valence-corrected chi connectivity index (χ2v) is 7.59. The molecule has 0 aliphatic heterocycles. The molecule has 0 saturated heterocycles. The van der Waals surface area contributed by atoms with Gasteiger partial charge in [0, 0.05) is 18.5 Å². The van der Waals surface area contributed by atoms with Crippen molar-refractivity contribution in [3.63, 3.8) is 0 Å². The number of rotatable bonds is 9. The summed E-state index contributed by atoms with van der Waals surface area (Å²) in [6, 6.07) is 22.4. The molecule has 0 unspecified atom stereocenters. The van der Waals surface area contributed by atoms with E-state index >= 15 is 0 Å². The van der Waals surface area contributed by atoms with E-state index in [0.29, 0.717) is 48.2 Å². The number of ether oxygens (including phenoxy) is 2. The van der Waals surface area contributed by atoms with Crippen LogP contribution in [0.2, 0.25) is 5.02 Å². The Morgan fingerprint density at radius 2 is 1.78 bits per heavy atom. The number of hydrogen-bond donors (Lipinski definition) is 1. The van der Waals surface area contributed by atoms with E-state index in [4.69, 9.17) is 26.1 Å². The number of carbonyl (C=O) groups excluding carboxylic acids is 1. The highest BCUT2D eigenvalue weighted by atomic mass is 35.5. The van der Waals surface area contributed by atoms with Crippen LogP contribution in [-0.4, -0.2) is 35.7 Å². The van der Waals surface area contributed by atoms with Gasteiger partial charge in [-0.15, -0.1) is 0 Å². The van der Waals surface area contributed by atoms with Gasteiger partial charge in [-0.3, -0.25) is 4.79 Å². The number of nitrogens with one attached hydrogen (secondary N) is 1. The van der Waals surface area contributed by atoms with Crippen LogP contribution in [0.25, 0.3) is 11.0 Å². The van der Waals surface area contributed by atoms with Gasteiger partial charge in [0.25, 0.3) is 5.91 Å². The van der Waals surface area contributed by atoms with Gasteiger partial charge in [-0.1, -0.05) is 35.9 Å². The summed E-state index contributed by atoms with van der Waals surface area (Å²) in [5.41, 5.74) is 2.54. The second kappa shape index (κ2) is 10.2. The van der Waals surface area contributed by atoms with Crippen molar-refractivity contribution in [2.45, 2.75) is 13.0 Å². The lowest BCUT2D eigenvalue weighted by Gasteiger charge is -2.12. The van der Waals surface area contributed by atoms with Crippen molar-refractivity contribution in [3.05, 3.63) is 89.2 Å². The Balaban J connectivity index is 1.41. The normalized spacial score (nSPS) is 10.8. The average molecular weight is 450 g/mol. The molecule has 0 atom stereocenters. The van der Waals surface area contributed by atoms with Crippen LogP contribution in [0.4, 0.5) is 0 Å². The fourth-order valence-corrected chi connectivity index (χ4v) is 3.70. The molecule has 3 aromatic carbocycles. The lowest BCUT2D eigenvalue weighted by Crippen LogP contribution is -2.26. The molecule has 1 N–H and O–H groups in total. The third-order valence-corrected chi connectivity index (χ3v) is 5.44. The molecule has 32 heavy (non-hydrogen) atoms. The predicted octanol–water partition coefficient (Wildman–Crippen LogP) is 4.75. The molecule has 7 heteroatoms. The highest BCUT2D eigenvalue weighted by Crippen LogP contribution is 2.23. The van der Waals surface area contributed by atoms with Crippen LogP contribution in [0.5, 0.6) is 11.5 Å². The molecule has 0 fully saturated rings. The quantitative estimate of drug-likeness (QED) is 0.400. The van der Waals surface area contributed by atoms with Crippen molar-refractivity contribution in [1.82, 2.24) is 14.9 Å². The Morgan fingerprint density at radius 3 is 2.56 bits per heavy atom. The SMILES string of the molecule is COc1ccc(C(=O)NCCc2nc3ccccc3n2CCOc2ccccc2Cl)cc1. The predicted molar refractivity (Wildman–Crippen MR) is 126 cm³/mol. The van der Waals surface area contributed by atoms with Crippen LogP contribution in [0.3, 0.4) is 0 Å². The number of nitrogens with zero attached hydrogens (tertiary/aromatic N) is 2. The van der Waals surface area contributed by atoms with Crippen molar-refractivity contribution in [2.75, 3.05) is 20.3 Å². The maximum Gasteiger partial charge on any atom is 0.251 e. The minimum Gasteiger partial charge on any atom is -0.497 e. The first-order valence-corrected chi connectivity index (χ1v) is 10.8. The fraction of sp³-hybridized carbons (Fsp3) is 0.200. The monoisotopic (exact) mass is 449 g/mol. The Labute approximate surface area is 191 Å². The molecule has 4 rings (SSSR count). The average Bonchev–Trinajstić information content (AvgIpc) is 3.17. The largest absolute Gasteiger partial charge is 0.497 e. The van der Waals surface area contributed by atoms with Crippen molar-refractivity contribution < 1.29 is 14.3 Å². The number of aromatic nitrogens is 2. The van der Waals surface area contributed by atoms with E-state index in [-0.39, 0.29) is 5.91 Å². The lowest BCUT2D eigenvalue weighted by molar-refractivity contribution is 0.0954. The number of halogens is 1. The number of amides is 1. The number of methoxy groups -OCH3 is 1. The molecule has 1 aromatic heterocycles. The molecule has 0 saturated carbocycles.